The Morgan fingerprint density at radius 2 is 1.94 bits per heavy atom. The van der Waals surface area contributed by atoms with Crippen LogP contribution in [-0.4, -0.2) is 33.1 Å². The number of ether oxygens (including phenoxy) is 2. The number of benzene rings is 1. The highest BCUT2D eigenvalue weighted by atomic mass is 16.7. The van der Waals surface area contributed by atoms with E-state index in [1.54, 1.807) is 0 Å². The van der Waals surface area contributed by atoms with Gasteiger partial charge in [0.05, 0.1) is 24.8 Å². The van der Waals surface area contributed by atoms with Crippen molar-refractivity contribution in [3.05, 3.63) is 29.8 Å². The molecule has 0 unspecified atom stereocenters. The summed E-state index contributed by atoms with van der Waals surface area (Å²) in [5.74, 6) is 0. The first-order valence-electron chi connectivity index (χ1n) is 6.24. The van der Waals surface area contributed by atoms with Crippen molar-refractivity contribution in [2.24, 2.45) is 0 Å². The number of anilines is 1. The van der Waals surface area contributed by atoms with Gasteiger partial charge in [-0.15, -0.1) is 0 Å². The molecule has 1 aromatic rings. The van der Waals surface area contributed by atoms with Gasteiger partial charge in [-0.3, -0.25) is 0 Å². The van der Waals surface area contributed by atoms with Gasteiger partial charge >= 0.3 is 0 Å². The summed E-state index contributed by atoms with van der Waals surface area (Å²) in [6.45, 7) is 2.47. The molecule has 0 bridgehead atoms. The lowest BCUT2D eigenvalue weighted by molar-refractivity contribution is -0.179. The molecule has 0 amide bonds. The summed E-state index contributed by atoms with van der Waals surface area (Å²) in [5.41, 5.74) is 1.79. The summed E-state index contributed by atoms with van der Waals surface area (Å²) in [4.78, 5) is 2.14. The van der Waals surface area contributed by atoms with Gasteiger partial charge < -0.3 is 14.4 Å². The van der Waals surface area contributed by atoms with Gasteiger partial charge in [0.2, 0.25) is 0 Å². The molecule has 1 fully saturated rings. The first-order chi connectivity index (χ1) is 8.79. The van der Waals surface area contributed by atoms with Gasteiger partial charge in [0.1, 0.15) is 0 Å². The fraction of sp³-hybridized carbons (Fsp3) is 0.500. The Hall–Kier alpha value is -1.57. The predicted molar refractivity (Wildman–Crippen MR) is 69.4 cm³/mol. The fourth-order valence-corrected chi connectivity index (χ4v) is 1.92. The topological polar surface area (TPSA) is 45.5 Å². The van der Waals surface area contributed by atoms with Gasteiger partial charge in [-0.1, -0.05) is 0 Å². The smallest absolute Gasteiger partial charge is 0.159 e. The van der Waals surface area contributed by atoms with Crippen molar-refractivity contribution in [1.82, 2.24) is 0 Å². The second-order valence-electron chi connectivity index (χ2n) is 4.39. The molecule has 96 valence electrons. The van der Waals surface area contributed by atoms with Gasteiger partial charge in [0, 0.05) is 25.7 Å². The lowest BCUT2D eigenvalue weighted by atomic mass is 10.2. The average Bonchev–Trinajstić information content (AvgIpc) is 2.46. The third-order valence-corrected chi connectivity index (χ3v) is 3.03. The van der Waals surface area contributed by atoms with E-state index in [1.807, 2.05) is 31.3 Å². The van der Waals surface area contributed by atoms with Crippen LogP contribution < -0.4 is 4.90 Å². The highest BCUT2D eigenvalue weighted by Crippen LogP contribution is 2.15. The molecule has 1 heterocycles. The molecule has 4 nitrogen and oxygen atoms in total. The summed E-state index contributed by atoms with van der Waals surface area (Å²) >= 11 is 0. The molecule has 0 aliphatic carbocycles. The summed E-state index contributed by atoms with van der Waals surface area (Å²) in [5, 5.41) is 8.74. The summed E-state index contributed by atoms with van der Waals surface area (Å²) in [7, 11) is 2.03. The van der Waals surface area contributed by atoms with Crippen LogP contribution in [0.5, 0.6) is 0 Å². The highest BCUT2D eigenvalue weighted by molar-refractivity contribution is 5.48. The molecule has 1 aliphatic rings. The normalized spacial score (nSPS) is 16.2. The second kappa shape index (κ2) is 6.39. The zero-order valence-electron chi connectivity index (χ0n) is 10.6. The molecule has 1 aliphatic heterocycles. The average molecular weight is 246 g/mol. The monoisotopic (exact) mass is 246 g/mol. The molecule has 1 saturated heterocycles. The van der Waals surface area contributed by atoms with Gasteiger partial charge in [0.25, 0.3) is 0 Å². The molecular formula is C14H18N2O2. The minimum atomic E-state index is -0.0698. The maximum absolute atomic E-state index is 8.74. The largest absolute Gasteiger partial charge is 0.374 e. The quantitative estimate of drug-likeness (QED) is 0.816. The van der Waals surface area contributed by atoms with Crippen LogP contribution in [0, 0.1) is 11.3 Å². The number of nitriles is 1. The van der Waals surface area contributed by atoms with E-state index in [9.17, 15) is 0 Å². The Morgan fingerprint density at radius 1 is 1.28 bits per heavy atom. The maximum atomic E-state index is 8.74. The van der Waals surface area contributed by atoms with E-state index in [2.05, 4.69) is 11.0 Å². The third-order valence-electron chi connectivity index (χ3n) is 3.03. The van der Waals surface area contributed by atoms with Gasteiger partial charge in [-0.2, -0.15) is 5.26 Å². The van der Waals surface area contributed by atoms with Crippen LogP contribution in [0.15, 0.2) is 24.3 Å². The van der Waals surface area contributed by atoms with Gasteiger partial charge in [-0.25, -0.2) is 0 Å². The molecule has 0 spiro atoms. The van der Waals surface area contributed by atoms with Gasteiger partial charge in [0.15, 0.2) is 6.29 Å². The number of hydrogen-bond donors (Lipinski definition) is 0. The summed E-state index contributed by atoms with van der Waals surface area (Å²) < 4.78 is 11.0. The lowest BCUT2D eigenvalue weighted by Gasteiger charge is -2.26. The third kappa shape index (κ3) is 3.46. The molecule has 0 saturated carbocycles. The first kappa shape index (κ1) is 12.9. The van der Waals surface area contributed by atoms with Crippen LogP contribution in [0.3, 0.4) is 0 Å². The number of hydrogen-bond acceptors (Lipinski definition) is 4. The standard InChI is InChI=1S/C14H18N2O2/c1-16(8-7-14-17-9-2-10-18-14)13-5-3-12(11-15)4-6-13/h3-6,14H,2,7-10H2,1H3. The van der Waals surface area contributed by atoms with Crippen LogP contribution in [0.2, 0.25) is 0 Å². The minimum Gasteiger partial charge on any atom is -0.374 e. The van der Waals surface area contributed by atoms with Crippen molar-refractivity contribution in [2.75, 3.05) is 31.7 Å². The second-order valence-corrected chi connectivity index (χ2v) is 4.39. The van der Waals surface area contributed by atoms with Gasteiger partial charge in [-0.05, 0) is 30.7 Å². The zero-order chi connectivity index (χ0) is 12.8. The molecule has 0 atom stereocenters. The lowest BCUT2D eigenvalue weighted by Crippen LogP contribution is -2.29. The van der Waals surface area contributed by atoms with Crippen LogP contribution in [0.4, 0.5) is 5.69 Å². The zero-order valence-corrected chi connectivity index (χ0v) is 10.6. The molecule has 2 rings (SSSR count). The van der Waals surface area contributed by atoms with E-state index >= 15 is 0 Å². The van der Waals surface area contributed by atoms with Crippen LogP contribution in [0.1, 0.15) is 18.4 Å². The molecule has 0 radical (unpaired) electrons. The summed E-state index contributed by atoms with van der Waals surface area (Å²) in [6, 6.07) is 9.70. The molecule has 0 N–H and O–H groups in total. The number of nitrogens with zero attached hydrogens (tertiary/aromatic N) is 2. The van der Waals surface area contributed by atoms with Crippen molar-refractivity contribution in [1.29, 1.82) is 5.26 Å². The highest BCUT2D eigenvalue weighted by Gasteiger charge is 2.14. The minimum absolute atomic E-state index is 0.0698. The van der Waals surface area contributed by atoms with Crippen molar-refractivity contribution >= 4 is 5.69 Å². The van der Waals surface area contributed by atoms with E-state index in [0.717, 1.165) is 38.3 Å². The van der Waals surface area contributed by atoms with Crippen molar-refractivity contribution < 1.29 is 9.47 Å². The van der Waals surface area contributed by atoms with E-state index in [0.29, 0.717) is 5.56 Å². The molecule has 4 heteroatoms. The van der Waals surface area contributed by atoms with E-state index in [1.165, 1.54) is 0 Å². The van der Waals surface area contributed by atoms with Crippen molar-refractivity contribution in [2.45, 2.75) is 19.1 Å². The SMILES string of the molecule is CN(CCC1OCCCO1)c1ccc(C#N)cc1. The van der Waals surface area contributed by atoms with Crippen LogP contribution in [-0.2, 0) is 9.47 Å². The Labute approximate surface area is 108 Å². The van der Waals surface area contributed by atoms with Crippen molar-refractivity contribution in [3.8, 4) is 6.07 Å². The Bertz CT molecular complexity index is 405. The van der Waals surface area contributed by atoms with E-state index < -0.39 is 0 Å². The van der Waals surface area contributed by atoms with Crippen molar-refractivity contribution in [3.63, 3.8) is 0 Å². The molecular weight excluding hydrogens is 228 g/mol. The van der Waals surface area contributed by atoms with Crippen LogP contribution >= 0.6 is 0 Å². The molecule has 18 heavy (non-hydrogen) atoms. The molecule has 1 aromatic carbocycles. The van der Waals surface area contributed by atoms with Crippen LogP contribution in [0.25, 0.3) is 0 Å². The van der Waals surface area contributed by atoms with E-state index in [4.69, 9.17) is 14.7 Å². The number of rotatable bonds is 4. The molecule has 0 aromatic heterocycles. The Kier molecular flexibility index (Phi) is 4.57. The Morgan fingerprint density at radius 3 is 2.56 bits per heavy atom. The maximum Gasteiger partial charge on any atom is 0.159 e. The summed E-state index contributed by atoms with van der Waals surface area (Å²) in [6.07, 6.45) is 1.78. The van der Waals surface area contributed by atoms with E-state index in [-0.39, 0.29) is 6.29 Å². The predicted octanol–water partition coefficient (Wildman–Crippen LogP) is 2.15. The Balaban J connectivity index is 1.83. The fourth-order valence-electron chi connectivity index (χ4n) is 1.92. The first-order valence-corrected chi connectivity index (χ1v) is 6.24.